The maximum Gasteiger partial charge on any atom is 0.573 e. The van der Waals surface area contributed by atoms with Crippen molar-refractivity contribution in [2.24, 2.45) is 0 Å². The van der Waals surface area contributed by atoms with Crippen LogP contribution in [-0.2, 0) is 6.54 Å². The molecule has 6 nitrogen and oxygen atoms in total. The van der Waals surface area contributed by atoms with Crippen LogP contribution in [0.4, 0.5) is 24.7 Å². The van der Waals surface area contributed by atoms with Crippen LogP contribution in [0.2, 0.25) is 0 Å². The Labute approximate surface area is 176 Å². The van der Waals surface area contributed by atoms with Gasteiger partial charge >= 0.3 is 6.36 Å². The number of fused-ring (bicyclic) bond motifs is 1. The summed E-state index contributed by atoms with van der Waals surface area (Å²) in [6.45, 7) is 2.99. The van der Waals surface area contributed by atoms with E-state index in [9.17, 15) is 13.2 Å². The van der Waals surface area contributed by atoms with Gasteiger partial charge in [0.1, 0.15) is 22.7 Å². The first-order valence-corrected chi connectivity index (χ1v) is 10.3. The first-order valence-electron chi connectivity index (χ1n) is 9.52. The van der Waals surface area contributed by atoms with Crippen LogP contribution in [0.3, 0.4) is 0 Å². The minimum absolute atomic E-state index is 0.264. The molecular weight excluding hydrogens is 415 g/mol. The number of hydrogen-bond acceptors (Lipinski definition) is 7. The number of nitrogens with zero attached hydrogens (tertiary/aromatic N) is 4. The van der Waals surface area contributed by atoms with Crippen molar-refractivity contribution < 1.29 is 17.9 Å². The highest BCUT2D eigenvalue weighted by Crippen LogP contribution is 2.32. The molecule has 2 aromatic heterocycles. The van der Waals surface area contributed by atoms with E-state index in [1.54, 1.807) is 11.3 Å². The number of nitrogens with one attached hydrogen (secondary N) is 1. The Bertz CT molecular complexity index is 1010. The van der Waals surface area contributed by atoms with Gasteiger partial charge in [0.15, 0.2) is 0 Å². The van der Waals surface area contributed by atoms with Gasteiger partial charge in [0.05, 0.1) is 5.39 Å². The van der Waals surface area contributed by atoms with Crippen molar-refractivity contribution in [3.63, 3.8) is 0 Å². The Morgan fingerprint density at radius 2 is 2.00 bits per heavy atom. The normalized spacial score (nSPS) is 17.7. The molecule has 4 rings (SSSR count). The number of hydrogen-bond donors (Lipinski definition) is 1. The fourth-order valence-corrected chi connectivity index (χ4v) is 4.60. The van der Waals surface area contributed by atoms with Gasteiger partial charge in [-0.1, -0.05) is 0 Å². The molecule has 1 aliphatic rings. The van der Waals surface area contributed by atoms with E-state index in [4.69, 9.17) is 0 Å². The Morgan fingerprint density at radius 3 is 2.67 bits per heavy atom. The van der Waals surface area contributed by atoms with Crippen molar-refractivity contribution in [1.82, 2.24) is 19.8 Å². The SMILES string of the molecule is CN(C)C1CCN(Cc2cc3c(Nc4ccc(OC(F)(F)F)cc4)ncnc3s2)C1. The molecule has 0 saturated carbocycles. The summed E-state index contributed by atoms with van der Waals surface area (Å²) < 4.78 is 40.8. The van der Waals surface area contributed by atoms with E-state index in [1.807, 2.05) is 0 Å². The molecular formula is C20H22F3N5OS. The van der Waals surface area contributed by atoms with E-state index in [0.717, 1.165) is 29.9 Å². The number of likely N-dealkylation sites (tertiary alicyclic amines) is 1. The van der Waals surface area contributed by atoms with E-state index >= 15 is 0 Å². The second-order valence-corrected chi connectivity index (χ2v) is 8.61. The fraction of sp³-hybridized carbons (Fsp3) is 0.400. The van der Waals surface area contributed by atoms with E-state index in [1.165, 1.54) is 41.9 Å². The lowest BCUT2D eigenvalue weighted by Crippen LogP contribution is -2.31. The summed E-state index contributed by atoms with van der Waals surface area (Å²) in [5.41, 5.74) is 0.616. The Hall–Kier alpha value is -2.43. The third-order valence-electron chi connectivity index (χ3n) is 5.09. The second-order valence-electron chi connectivity index (χ2n) is 7.49. The number of halogens is 3. The van der Waals surface area contributed by atoms with E-state index in [2.05, 4.69) is 50.0 Å². The van der Waals surface area contributed by atoms with Crippen LogP contribution in [0.15, 0.2) is 36.7 Å². The molecule has 1 N–H and O–H groups in total. The van der Waals surface area contributed by atoms with Gasteiger partial charge < -0.3 is 15.0 Å². The Balaban J connectivity index is 1.47. The zero-order chi connectivity index (χ0) is 21.3. The molecule has 1 atom stereocenters. The second kappa shape index (κ2) is 8.37. The summed E-state index contributed by atoms with van der Waals surface area (Å²) in [4.78, 5) is 15.5. The molecule has 30 heavy (non-hydrogen) atoms. The van der Waals surface area contributed by atoms with Crippen LogP contribution in [0, 0.1) is 0 Å². The smallest absolute Gasteiger partial charge is 0.406 e. The molecule has 0 aliphatic carbocycles. The highest BCUT2D eigenvalue weighted by Gasteiger charge is 2.31. The molecule has 0 spiro atoms. The number of likely N-dealkylation sites (N-methyl/N-ethyl adjacent to an activating group) is 1. The first kappa shape index (κ1) is 20.8. The number of alkyl halides is 3. The Morgan fingerprint density at radius 1 is 1.23 bits per heavy atom. The third-order valence-corrected chi connectivity index (χ3v) is 6.12. The lowest BCUT2D eigenvalue weighted by Gasteiger charge is -2.19. The molecule has 3 heterocycles. The molecule has 160 valence electrons. The van der Waals surface area contributed by atoms with Crippen LogP contribution in [0.5, 0.6) is 5.75 Å². The van der Waals surface area contributed by atoms with Crippen LogP contribution in [0.1, 0.15) is 11.3 Å². The summed E-state index contributed by atoms with van der Waals surface area (Å²) >= 11 is 1.64. The summed E-state index contributed by atoms with van der Waals surface area (Å²) in [6.07, 6.45) is -2.05. The van der Waals surface area contributed by atoms with Crippen LogP contribution in [-0.4, -0.2) is 59.4 Å². The maximum atomic E-state index is 12.3. The molecule has 1 saturated heterocycles. The number of thiophene rings is 1. The van der Waals surface area contributed by atoms with Gasteiger partial charge in [-0.25, -0.2) is 9.97 Å². The van der Waals surface area contributed by atoms with Crippen molar-refractivity contribution in [2.45, 2.75) is 25.4 Å². The molecule has 3 aromatic rings. The summed E-state index contributed by atoms with van der Waals surface area (Å²) in [5, 5.41) is 4.06. The van der Waals surface area contributed by atoms with Crippen LogP contribution >= 0.6 is 11.3 Å². The van der Waals surface area contributed by atoms with Gasteiger partial charge in [-0.05, 0) is 50.8 Å². The molecule has 0 radical (unpaired) electrons. The fourth-order valence-electron chi connectivity index (χ4n) is 3.56. The number of anilines is 2. The number of ether oxygens (including phenoxy) is 1. The van der Waals surface area contributed by atoms with Gasteiger partial charge in [-0.3, -0.25) is 4.90 Å². The lowest BCUT2D eigenvalue weighted by molar-refractivity contribution is -0.274. The summed E-state index contributed by atoms with van der Waals surface area (Å²) in [6, 6.07) is 8.25. The van der Waals surface area contributed by atoms with E-state index in [0.29, 0.717) is 17.5 Å². The first-order chi connectivity index (χ1) is 14.3. The van der Waals surface area contributed by atoms with Crippen molar-refractivity contribution >= 4 is 33.1 Å². The monoisotopic (exact) mass is 437 g/mol. The van der Waals surface area contributed by atoms with Crippen LogP contribution in [0.25, 0.3) is 10.2 Å². The number of benzene rings is 1. The molecule has 1 unspecified atom stereocenters. The van der Waals surface area contributed by atoms with Gasteiger partial charge in [-0.15, -0.1) is 24.5 Å². The van der Waals surface area contributed by atoms with Crippen molar-refractivity contribution in [3.8, 4) is 5.75 Å². The number of rotatable bonds is 6. The van der Waals surface area contributed by atoms with Crippen molar-refractivity contribution in [1.29, 1.82) is 0 Å². The minimum atomic E-state index is -4.71. The van der Waals surface area contributed by atoms with Gasteiger partial charge in [0, 0.05) is 36.2 Å². The molecule has 1 fully saturated rings. The molecule has 1 aromatic carbocycles. The van der Waals surface area contributed by atoms with Gasteiger partial charge in [0.2, 0.25) is 0 Å². The van der Waals surface area contributed by atoms with Crippen LogP contribution < -0.4 is 10.1 Å². The maximum absolute atomic E-state index is 12.3. The quantitative estimate of drug-likeness (QED) is 0.614. The molecule has 10 heteroatoms. The zero-order valence-electron chi connectivity index (χ0n) is 16.6. The number of aromatic nitrogens is 2. The standard InChI is InChI=1S/C20H22F3N5OS/c1-27(2)14-7-8-28(10-14)11-16-9-17-18(24-12-25-19(17)30-16)26-13-3-5-15(6-4-13)29-20(21,22)23/h3-6,9,12,14H,7-8,10-11H2,1-2H3,(H,24,25,26). The van der Waals surface area contributed by atoms with E-state index in [-0.39, 0.29) is 5.75 Å². The lowest BCUT2D eigenvalue weighted by atomic mass is 10.2. The summed E-state index contributed by atoms with van der Waals surface area (Å²) in [5.74, 6) is 0.361. The van der Waals surface area contributed by atoms with Gasteiger partial charge in [-0.2, -0.15) is 0 Å². The van der Waals surface area contributed by atoms with Crippen molar-refractivity contribution in [3.05, 3.63) is 41.5 Å². The third kappa shape index (κ3) is 5.00. The zero-order valence-corrected chi connectivity index (χ0v) is 17.4. The Kier molecular flexibility index (Phi) is 5.81. The molecule has 0 bridgehead atoms. The highest BCUT2D eigenvalue weighted by atomic mass is 32.1. The predicted molar refractivity (Wildman–Crippen MR) is 111 cm³/mol. The predicted octanol–water partition coefficient (Wildman–Crippen LogP) is 4.47. The van der Waals surface area contributed by atoms with Gasteiger partial charge in [0.25, 0.3) is 0 Å². The summed E-state index contributed by atoms with van der Waals surface area (Å²) in [7, 11) is 4.23. The minimum Gasteiger partial charge on any atom is -0.406 e. The molecule has 1 aliphatic heterocycles. The topological polar surface area (TPSA) is 53.5 Å². The largest absolute Gasteiger partial charge is 0.573 e. The highest BCUT2D eigenvalue weighted by molar-refractivity contribution is 7.18. The average molecular weight is 437 g/mol. The molecule has 0 amide bonds. The van der Waals surface area contributed by atoms with E-state index < -0.39 is 6.36 Å². The van der Waals surface area contributed by atoms with Crippen molar-refractivity contribution in [2.75, 3.05) is 32.5 Å². The average Bonchev–Trinajstić information content (AvgIpc) is 3.30.